The van der Waals surface area contributed by atoms with Crippen LogP contribution in [0.3, 0.4) is 0 Å². The van der Waals surface area contributed by atoms with Crippen LogP contribution >= 0.6 is 0 Å². The number of hydrogen-bond donors (Lipinski definition) is 0. The number of nitrogens with one attached hydrogen (secondary N) is 1. The van der Waals surface area contributed by atoms with Crippen molar-refractivity contribution < 1.29 is 9.13 Å². The maximum absolute atomic E-state index is 12.7. The van der Waals surface area contributed by atoms with Crippen molar-refractivity contribution in [3.05, 3.63) is 29.6 Å². The molecule has 1 aromatic carbocycles. The summed E-state index contributed by atoms with van der Waals surface area (Å²) in [6, 6.07) is 4.37. The van der Waals surface area contributed by atoms with E-state index in [-0.39, 0.29) is 12.4 Å². The summed E-state index contributed by atoms with van der Waals surface area (Å²) >= 11 is 0. The quantitative estimate of drug-likeness (QED) is 0.637. The molecule has 1 radical (unpaired) electrons. The molecule has 0 saturated heterocycles. The van der Waals surface area contributed by atoms with Gasteiger partial charge in [0.15, 0.2) is 0 Å². The molecule has 0 spiro atoms. The van der Waals surface area contributed by atoms with Gasteiger partial charge >= 0.3 is 0 Å². The van der Waals surface area contributed by atoms with E-state index in [4.69, 9.17) is 10.5 Å². The fourth-order valence-electron chi connectivity index (χ4n) is 0.814. The largest absolute Gasteiger partial charge is 0.497 e. The first-order valence-corrected chi connectivity index (χ1v) is 3.25. The van der Waals surface area contributed by atoms with E-state index in [1.807, 2.05) is 0 Å². The Kier molecular flexibility index (Phi) is 2.44. The van der Waals surface area contributed by atoms with Gasteiger partial charge in [0.25, 0.3) is 0 Å². The lowest BCUT2D eigenvalue weighted by atomic mass is 10.2. The fourth-order valence-corrected chi connectivity index (χ4v) is 0.814. The van der Waals surface area contributed by atoms with Gasteiger partial charge in [-0.15, -0.1) is 0 Å². The molecule has 0 saturated carbocycles. The topological polar surface area (TPSA) is 33.0 Å². The van der Waals surface area contributed by atoms with Gasteiger partial charge in [0.1, 0.15) is 11.6 Å². The van der Waals surface area contributed by atoms with Crippen LogP contribution in [0.15, 0.2) is 18.2 Å². The highest BCUT2D eigenvalue weighted by molar-refractivity contribution is 5.29. The third-order valence-electron chi connectivity index (χ3n) is 1.44. The van der Waals surface area contributed by atoms with Gasteiger partial charge in [-0.2, -0.15) is 0 Å². The molecular weight excluding hydrogens is 145 g/mol. The van der Waals surface area contributed by atoms with Crippen molar-refractivity contribution in [1.82, 2.24) is 5.73 Å². The Morgan fingerprint density at radius 2 is 2.27 bits per heavy atom. The van der Waals surface area contributed by atoms with E-state index in [2.05, 4.69) is 0 Å². The zero-order chi connectivity index (χ0) is 8.27. The van der Waals surface area contributed by atoms with Gasteiger partial charge in [-0.1, -0.05) is 0 Å². The van der Waals surface area contributed by atoms with Crippen LogP contribution in [0.5, 0.6) is 5.75 Å². The van der Waals surface area contributed by atoms with E-state index in [0.717, 1.165) is 0 Å². The molecule has 0 heterocycles. The fraction of sp³-hybridized carbons (Fsp3) is 0.250. The minimum absolute atomic E-state index is 0.0525. The molecule has 1 aromatic rings. The molecule has 1 rings (SSSR count). The normalized spacial score (nSPS) is 9.73. The second kappa shape index (κ2) is 3.34. The van der Waals surface area contributed by atoms with Crippen molar-refractivity contribution in [2.75, 3.05) is 7.11 Å². The Morgan fingerprint density at radius 3 is 2.82 bits per heavy atom. The van der Waals surface area contributed by atoms with E-state index in [1.54, 1.807) is 0 Å². The summed E-state index contributed by atoms with van der Waals surface area (Å²) in [7, 11) is 1.51. The molecule has 0 aliphatic carbocycles. The van der Waals surface area contributed by atoms with E-state index >= 15 is 0 Å². The summed E-state index contributed by atoms with van der Waals surface area (Å²) < 4.78 is 17.6. The van der Waals surface area contributed by atoms with Crippen LogP contribution in [0.25, 0.3) is 0 Å². The SMILES string of the molecule is COc1ccc(F)c(C[NH])c1. The molecule has 0 fully saturated rings. The van der Waals surface area contributed by atoms with E-state index < -0.39 is 0 Å². The summed E-state index contributed by atoms with van der Waals surface area (Å²) in [5.41, 5.74) is 7.33. The Labute approximate surface area is 64.8 Å². The van der Waals surface area contributed by atoms with Crippen LogP contribution in [-0.2, 0) is 6.54 Å². The van der Waals surface area contributed by atoms with Crippen LogP contribution in [-0.4, -0.2) is 7.11 Å². The van der Waals surface area contributed by atoms with Crippen molar-refractivity contribution in [2.24, 2.45) is 0 Å². The molecule has 11 heavy (non-hydrogen) atoms. The molecular formula is C8H9FNO. The van der Waals surface area contributed by atoms with Crippen molar-refractivity contribution in [3.63, 3.8) is 0 Å². The minimum atomic E-state index is -0.346. The van der Waals surface area contributed by atoms with Gasteiger partial charge in [-0.3, -0.25) is 5.73 Å². The second-order valence-corrected chi connectivity index (χ2v) is 2.13. The first kappa shape index (κ1) is 8.01. The molecule has 0 amide bonds. The third kappa shape index (κ3) is 1.68. The highest BCUT2D eigenvalue weighted by Crippen LogP contribution is 2.15. The number of hydrogen-bond acceptors (Lipinski definition) is 1. The van der Waals surface area contributed by atoms with Crippen molar-refractivity contribution >= 4 is 0 Å². The molecule has 0 aliphatic heterocycles. The minimum Gasteiger partial charge on any atom is -0.497 e. The van der Waals surface area contributed by atoms with Crippen LogP contribution in [0, 0.1) is 5.82 Å². The van der Waals surface area contributed by atoms with Crippen molar-refractivity contribution in [3.8, 4) is 5.75 Å². The van der Waals surface area contributed by atoms with Gasteiger partial charge in [-0.25, -0.2) is 4.39 Å². The Balaban J connectivity index is 3.02. The first-order chi connectivity index (χ1) is 5.27. The number of rotatable bonds is 2. The summed E-state index contributed by atoms with van der Waals surface area (Å²) in [6.45, 7) is -0.0525. The lowest BCUT2D eigenvalue weighted by Gasteiger charge is -2.02. The maximum Gasteiger partial charge on any atom is 0.128 e. The van der Waals surface area contributed by atoms with Crippen molar-refractivity contribution in [1.29, 1.82) is 0 Å². The van der Waals surface area contributed by atoms with Gasteiger partial charge in [0, 0.05) is 12.1 Å². The molecule has 0 aliphatic rings. The zero-order valence-corrected chi connectivity index (χ0v) is 6.23. The Bertz CT molecular complexity index is 250. The summed E-state index contributed by atoms with van der Waals surface area (Å²) in [5.74, 6) is 0.245. The average molecular weight is 154 g/mol. The van der Waals surface area contributed by atoms with E-state index in [1.165, 1.54) is 25.3 Å². The number of halogens is 1. The Morgan fingerprint density at radius 1 is 1.55 bits per heavy atom. The van der Waals surface area contributed by atoms with Crippen LogP contribution < -0.4 is 10.5 Å². The molecule has 0 bridgehead atoms. The zero-order valence-electron chi connectivity index (χ0n) is 6.23. The molecule has 59 valence electrons. The Hall–Kier alpha value is -1.09. The smallest absolute Gasteiger partial charge is 0.128 e. The predicted octanol–water partition coefficient (Wildman–Crippen LogP) is 1.62. The van der Waals surface area contributed by atoms with E-state index in [0.29, 0.717) is 11.3 Å². The summed E-state index contributed by atoms with van der Waals surface area (Å²) in [6.07, 6.45) is 0. The molecule has 0 unspecified atom stereocenters. The number of benzene rings is 1. The molecule has 3 heteroatoms. The first-order valence-electron chi connectivity index (χ1n) is 3.25. The third-order valence-corrected chi connectivity index (χ3v) is 1.44. The maximum atomic E-state index is 12.7. The average Bonchev–Trinajstić information content (AvgIpc) is 2.05. The summed E-state index contributed by atoms with van der Waals surface area (Å²) in [4.78, 5) is 0. The highest BCUT2D eigenvalue weighted by Gasteiger charge is 2.00. The lowest BCUT2D eigenvalue weighted by molar-refractivity contribution is 0.412. The van der Waals surface area contributed by atoms with Crippen LogP contribution in [0.1, 0.15) is 5.56 Å². The second-order valence-electron chi connectivity index (χ2n) is 2.13. The van der Waals surface area contributed by atoms with Gasteiger partial charge in [0.05, 0.1) is 7.11 Å². The van der Waals surface area contributed by atoms with Crippen molar-refractivity contribution in [2.45, 2.75) is 6.54 Å². The lowest BCUT2D eigenvalue weighted by Crippen LogP contribution is -1.92. The predicted molar refractivity (Wildman–Crippen MR) is 39.8 cm³/mol. The summed E-state index contributed by atoms with van der Waals surface area (Å²) in [5, 5.41) is 0. The standard InChI is InChI=1S/C8H9FNO/c1-11-7-2-3-8(9)6(4-7)5-10/h2-4,10H,5H2,1H3. The molecule has 2 nitrogen and oxygen atoms in total. The van der Waals surface area contributed by atoms with Gasteiger partial charge in [0.2, 0.25) is 0 Å². The van der Waals surface area contributed by atoms with Gasteiger partial charge < -0.3 is 4.74 Å². The molecule has 0 aromatic heterocycles. The number of ether oxygens (including phenoxy) is 1. The molecule has 0 atom stereocenters. The highest BCUT2D eigenvalue weighted by atomic mass is 19.1. The monoisotopic (exact) mass is 154 g/mol. The number of methoxy groups -OCH3 is 1. The van der Waals surface area contributed by atoms with E-state index in [9.17, 15) is 4.39 Å². The van der Waals surface area contributed by atoms with Crippen LogP contribution in [0.4, 0.5) is 4.39 Å². The van der Waals surface area contributed by atoms with Gasteiger partial charge in [-0.05, 0) is 18.2 Å². The van der Waals surface area contributed by atoms with Crippen LogP contribution in [0.2, 0.25) is 0 Å². The molecule has 1 N–H and O–H groups in total.